The molecule has 1 aromatic heterocycles. The van der Waals surface area contributed by atoms with Gasteiger partial charge in [0.05, 0.1) is 17.5 Å². The number of hydrogen-bond acceptors (Lipinski definition) is 4. The molecular weight excluding hydrogens is 351 g/mol. The van der Waals surface area contributed by atoms with Gasteiger partial charge >= 0.3 is 0 Å². The van der Waals surface area contributed by atoms with Crippen molar-refractivity contribution in [2.75, 3.05) is 12.4 Å². The van der Waals surface area contributed by atoms with Crippen molar-refractivity contribution in [2.24, 2.45) is 5.92 Å². The van der Waals surface area contributed by atoms with Gasteiger partial charge in [-0.1, -0.05) is 49.9 Å². The highest BCUT2D eigenvalue weighted by Crippen LogP contribution is 2.20. The summed E-state index contributed by atoms with van der Waals surface area (Å²) in [4.78, 5) is 17.5. The Labute approximate surface area is 156 Å². The van der Waals surface area contributed by atoms with Crippen LogP contribution in [-0.4, -0.2) is 21.9 Å². The summed E-state index contributed by atoms with van der Waals surface area (Å²) in [6.45, 7) is 5.07. The number of benzene rings is 2. The summed E-state index contributed by atoms with van der Waals surface area (Å²) in [5.74, 6) is 0.749. The molecule has 2 aromatic carbocycles. The summed E-state index contributed by atoms with van der Waals surface area (Å²) in [6.07, 6.45) is 0. The smallest absolute Gasteiger partial charge is 0.262 e. The number of aromatic nitrogens is 2. The Morgan fingerprint density at radius 2 is 1.88 bits per heavy atom. The number of halogens is 1. The van der Waals surface area contributed by atoms with Gasteiger partial charge in [0, 0.05) is 12.3 Å². The molecule has 3 aromatic rings. The Hall–Kier alpha value is -2.34. The summed E-state index contributed by atoms with van der Waals surface area (Å²) in [7, 11) is 0. The van der Waals surface area contributed by atoms with Crippen LogP contribution in [0.15, 0.2) is 58.5 Å². The Bertz CT molecular complexity index is 956. The topological polar surface area (TPSA) is 44.1 Å². The average Bonchev–Trinajstić information content (AvgIpc) is 2.63. The van der Waals surface area contributed by atoms with E-state index in [0.717, 1.165) is 0 Å². The van der Waals surface area contributed by atoms with E-state index in [-0.39, 0.29) is 17.1 Å². The van der Waals surface area contributed by atoms with Crippen molar-refractivity contribution in [3.63, 3.8) is 0 Å². The molecule has 0 saturated carbocycles. The zero-order valence-electron chi connectivity index (χ0n) is 14.8. The summed E-state index contributed by atoms with van der Waals surface area (Å²) >= 11 is 1.45. The van der Waals surface area contributed by atoms with Crippen LogP contribution in [0.1, 0.15) is 13.8 Å². The predicted molar refractivity (Wildman–Crippen MR) is 103 cm³/mol. The minimum atomic E-state index is -0.377. The van der Waals surface area contributed by atoms with E-state index in [2.05, 4.69) is 18.8 Å². The van der Waals surface area contributed by atoms with Gasteiger partial charge in [-0.25, -0.2) is 9.37 Å². The van der Waals surface area contributed by atoms with Crippen LogP contribution in [-0.2, 0) is 6.54 Å². The van der Waals surface area contributed by atoms with E-state index in [4.69, 9.17) is 4.74 Å². The number of fused-ring (bicyclic) bond motifs is 1. The van der Waals surface area contributed by atoms with E-state index in [1.807, 2.05) is 18.2 Å². The molecule has 3 rings (SSSR count). The van der Waals surface area contributed by atoms with Crippen LogP contribution in [0.2, 0.25) is 0 Å². The molecule has 0 saturated heterocycles. The molecule has 0 aliphatic rings. The maximum Gasteiger partial charge on any atom is 0.262 e. The normalized spacial score (nSPS) is 11.2. The second-order valence-corrected chi connectivity index (χ2v) is 7.41. The van der Waals surface area contributed by atoms with Crippen LogP contribution < -0.4 is 10.3 Å². The van der Waals surface area contributed by atoms with Crippen molar-refractivity contribution in [3.05, 3.63) is 64.7 Å². The van der Waals surface area contributed by atoms with Crippen LogP contribution in [0.25, 0.3) is 10.9 Å². The van der Waals surface area contributed by atoms with Crippen LogP contribution in [0.4, 0.5) is 4.39 Å². The van der Waals surface area contributed by atoms with Crippen molar-refractivity contribution >= 4 is 22.7 Å². The lowest BCUT2D eigenvalue weighted by atomic mass is 10.2. The summed E-state index contributed by atoms with van der Waals surface area (Å²) in [6, 6.07) is 13.7. The van der Waals surface area contributed by atoms with Crippen molar-refractivity contribution in [2.45, 2.75) is 25.5 Å². The molecule has 0 bridgehead atoms. The van der Waals surface area contributed by atoms with Gasteiger partial charge in [0.2, 0.25) is 0 Å². The highest BCUT2D eigenvalue weighted by Gasteiger charge is 2.12. The van der Waals surface area contributed by atoms with Gasteiger partial charge < -0.3 is 4.74 Å². The highest BCUT2D eigenvalue weighted by molar-refractivity contribution is 7.99. The number of nitrogens with zero attached hydrogens (tertiary/aromatic N) is 2. The van der Waals surface area contributed by atoms with E-state index in [9.17, 15) is 9.18 Å². The number of ether oxygens (including phenoxy) is 1. The van der Waals surface area contributed by atoms with Gasteiger partial charge in [0.1, 0.15) is 0 Å². The Morgan fingerprint density at radius 1 is 1.15 bits per heavy atom. The second-order valence-electron chi connectivity index (χ2n) is 6.35. The molecule has 0 aliphatic heterocycles. The van der Waals surface area contributed by atoms with Crippen LogP contribution in [0.3, 0.4) is 0 Å². The number of hydrogen-bond donors (Lipinski definition) is 0. The maximum absolute atomic E-state index is 13.6. The van der Waals surface area contributed by atoms with Crippen molar-refractivity contribution in [1.29, 1.82) is 0 Å². The SMILES string of the molecule is CC(C)Cn1c(SCCOc2ccccc2F)nc2ccccc2c1=O. The molecule has 136 valence electrons. The lowest BCUT2D eigenvalue weighted by Crippen LogP contribution is -2.25. The van der Waals surface area contributed by atoms with Gasteiger partial charge in [0.15, 0.2) is 16.7 Å². The average molecular weight is 372 g/mol. The minimum Gasteiger partial charge on any atom is -0.490 e. The van der Waals surface area contributed by atoms with E-state index in [0.29, 0.717) is 40.9 Å². The van der Waals surface area contributed by atoms with Gasteiger partial charge in [-0.15, -0.1) is 0 Å². The van der Waals surface area contributed by atoms with E-state index in [1.165, 1.54) is 17.8 Å². The molecule has 0 aliphatic carbocycles. The molecule has 4 nitrogen and oxygen atoms in total. The van der Waals surface area contributed by atoms with Crippen LogP contribution >= 0.6 is 11.8 Å². The fourth-order valence-electron chi connectivity index (χ4n) is 2.63. The summed E-state index contributed by atoms with van der Waals surface area (Å²) in [5, 5.41) is 1.29. The third kappa shape index (κ3) is 4.25. The first-order valence-corrected chi connectivity index (χ1v) is 9.54. The van der Waals surface area contributed by atoms with Crippen molar-refractivity contribution in [1.82, 2.24) is 9.55 Å². The fourth-order valence-corrected chi connectivity index (χ4v) is 3.46. The fraction of sp³-hybridized carbons (Fsp3) is 0.300. The van der Waals surface area contributed by atoms with Gasteiger partial charge in [-0.3, -0.25) is 9.36 Å². The zero-order valence-corrected chi connectivity index (χ0v) is 15.6. The van der Waals surface area contributed by atoms with E-state index >= 15 is 0 Å². The molecule has 0 unspecified atom stereocenters. The number of thioether (sulfide) groups is 1. The molecule has 0 atom stereocenters. The Kier molecular flexibility index (Phi) is 5.93. The first-order valence-electron chi connectivity index (χ1n) is 8.56. The van der Waals surface area contributed by atoms with Crippen molar-refractivity contribution < 1.29 is 9.13 Å². The molecule has 1 heterocycles. The summed E-state index contributed by atoms with van der Waals surface area (Å²) in [5.41, 5.74) is 0.664. The zero-order chi connectivity index (χ0) is 18.5. The molecule has 0 spiro atoms. The monoisotopic (exact) mass is 372 g/mol. The van der Waals surface area contributed by atoms with Crippen LogP contribution in [0.5, 0.6) is 5.75 Å². The first kappa shape index (κ1) is 18.5. The first-order chi connectivity index (χ1) is 12.6. The molecule has 0 N–H and O–H groups in total. The number of rotatable bonds is 7. The lowest BCUT2D eigenvalue weighted by Gasteiger charge is -2.15. The van der Waals surface area contributed by atoms with Gasteiger partial charge in [0.25, 0.3) is 5.56 Å². The van der Waals surface area contributed by atoms with Crippen molar-refractivity contribution in [3.8, 4) is 5.75 Å². The largest absolute Gasteiger partial charge is 0.490 e. The predicted octanol–water partition coefficient (Wildman–Crippen LogP) is 4.36. The minimum absolute atomic E-state index is 0.0261. The quantitative estimate of drug-likeness (QED) is 0.351. The van der Waals surface area contributed by atoms with E-state index < -0.39 is 0 Å². The summed E-state index contributed by atoms with van der Waals surface area (Å²) < 4.78 is 20.8. The molecule has 26 heavy (non-hydrogen) atoms. The Morgan fingerprint density at radius 3 is 2.65 bits per heavy atom. The third-order valence-electron chi connectivity index (χ3n) is 3.78. The maximum atomic E-state index is 13.6. The number of para-hydroxylation sites is 2. The molecule has 0 radical (unpaired) electrons. The highest BCUT2D eigenvalue weighted by atomic mass is 32.2. The lowest BCUT2D eigenvalue weighted by molar-refractivity contribution is 0.324. The van der Waals surface area contributed by atoms with E-state index in [1.54, 1.807) is 28.8 Å². The van der Waals surface area contributed by atoms with Gasteiger partial charge in [-0.2, -0.15) is 0 Å². The van der Waals surface area contributed by atoms with Crippen LogP contribution in [0, 0.1) is 11.7 Å². The Balaban J connectivity index is 1.77. The second kappa shape index (κ2) is 8.36. The van der Waals surface area contributed by atoms with Gasteiger partial charge in [-0.05, 0) is 30.2 Å². The molecular formula is C20H21FN2O2S. The third-order valence-corrected chi connectivity index (χ3v) is 4.72. The molecule has 0 amide bonds. The molecule has 6 heteroatoms. The molecule has 0 fully saturated rings. The standard InChI is InChI=1S/C20H21FN2O2S/c1-14(2)13-23-19(24)15-7-3-5-9-17(15)22-20(23)26-12-11-25-18-10-6-4-8-16(18)21/h3-10,14H,11-13H2,1-2H3.